The van der Waals surface area contributed by atoms with Crippen molar-refractivity contribution in [1.82, 2.24) is 4.90 Å². The number of rotatable bonds is 4. The lowest BCUT2D eigenvalue weighted by molar-refractivity contribution is -0.120. The van der Waals surface area contributed by atoms with Gasteiger partial charge in [0.2, 0.25) is 5.91 Å². The molecule has 8 heteroatoms. The molecular weight excluding hydrogens is 408 g/mol. The highest BCUT2D eigenvalue weighted by molar-refractivity contribution is 8.14. The molecule has 0 saturated heterocycles. The molecule has 0 bridgehead atoms. The van der Waals surface area contributed by atoms with Crippen LogP contribution in [0.1, 0.15) is 19.4 Å². The minimum absolute atomic E-state index is 0.0581. The number of amides is 2. The van der Waals surface area contributed by atoms with Gasteiger partial charge in [0, 0.05) is 16.3 Å². The lowest BCUT2D eigenvalue weighted by Gasteiger charge is -2.32. The first-order valence-corrected chi connectivity index (χ1v) is 10.6. The summed E-state index contributed by atoms with van der Waals surface area (Å²) in [6, 6.07) is 14.1. The Kier molecular flexibility index (Phi) is 5.43. The molecule has 2 aromatic carbocycles. The minimum Gasteiger partial charge on any atom is -0.325 e. The Morgan fingerprint density at radius 1 is 1.17 bits per heavy atom. The Labute approximate surface area is 178 Å². The van der Waals surface area contributed by atoms with Gasteiger partial charge in [0.05, 0.1) is 11.4 Å². The third-order valence-corrected chi connectivity index (χ3v) is 5.84. The van der Waals surface area contributed by atoms with E-state index in [9.17, 15) is 9.59 Å². The number of benzene rings is 2. The van der Waals surface area contributed by atoms with Gasteiger partial charge in [-0.2, -0.15) is 4.99 Å². The standard InChI is InChI=1S/C21H19ClN4O2S/c1-12(2)18-20(28)25-19-15-5-3-4-6-16(15)24-21(26(18)19)29-11-17(27)23-14-9-7-13(22)8-10-14/h3-10,12,18H,11H2,1-2H3,(H,23,27). The number of hydrogen-bond acceptors (Lipinski definition) is 5. The maximum atomic E-state index is 12.6. The third kappa shape index (κ3) is 3.93. The predicted octanol–water partition coefficient (Wildman–Crippen LogP) is 4.33. The summed E-state index contributed by atoms with van der Waals surface area (Å²) < 4.78 is 0. The average Bonchev–Trinajstić information content (AvgIpc) is 3.05. The van der Waals surface area contributed by atoms with E-state index in [1.54, 1.807) is 24.3 Å². The van der Waals surface area contributed by atoms with E-state index in [1.807, 2.05) is 43.0 Å². The highest BCUT2D eigenvalue weighted by Gasteiger charge is 2.43. The summed E-state index contributed by atoms with van der Waals surface area (Å²) in [4.78, 5) is 35.9. The normalized spacial score (nSPS) is 17.6. The summed E-state index contributed by atoms with van der Waals surface area (Å²) in [7, 11) is 0. The fraction of sp³-hybridized carbons (Fsp3) is 0.238. The van der Waals surface area contributed by atoms with Crippen molar-refractivity contribution in [2.45, 2.75) is 19.9 Å². The first kappa shape index (κ1) is 19.7. The second kappa shape index (κ2) is 8.00. The minimum atomic E-state index is -0.413. The van der Waals surface area contributed by atoms with Gasteiger partial charge in [-0.3, -0.25) is 14.5 Å². The molecule has 0 radical (unpaired) electrons. The van der Waals surface area contributed by atoms with Gasteiger partial charge < -0.3 is 5.32 Å². The molecule has 29 heavy (non-hydrogen) atoms. The molecule has 6 nitrogen and oxygen atoms in total. The van der Waals surface area contributed by atoms with Crippen molar-refractivity contribution < 1.29 is 9.59 Å². The van der Waals surface area contributed by atoms with Gasteiger partial charge >= 0.3 is 0 Å². The summed E-state index contributed by atoms with van der Waals surface area (Å²) in [5, 5.41) is 4.06. The molecule has 2 heterocycles. The van der Waals surface area contributed by atoms with Crippen molar-refractivity contribution in [1.29, 1.82) is 0 Å². The van der Waals surface area contributed by atoms with E-state index >= 15 is 0 Å². The van der Waals surface area contributed by atoms with Gasteiger partial charge in [0.15, 0.2) is 5.17 Å². The average molecular weight is 427 g/mol. The van der Waals surface area contributed by atoms with E-state index in [1.165, 1.54) is 11.8 Å². The summed E-state index contributed by atoms with van der Waals surface area (Å²) >= 11 is 7.17. The lowest BCUT2D eigenvalue weighted by Crippen LogP contribution is -2.46. The Morgan fingerprint density at radius 2 is 1.90 bits per heavy atom. The maximum Gasteiger partial charge on any atom is 0.271 e. The molecule has 2 aliphatic heterocycles. The Bertz CT molecular complexity index is 1030. The smallest absolute Gasteiger partial charge is 0.271 e. The molecule has 1 N–H and O–H groups in total. The number of carbonyl (C=O) groups excluding carboxylic acids is 2. The van der Waals surface area contributed by atoms with Crippen LogP contribution in [0.15, 0.2) is 58.5 Å². The summed E-state index contributed by atoms with van der Waals surface area (Å²) in [5.41, 5.74) is 2.26. The monoisotopic (exact) mass is 426 g/mol. The number of halogens is 1. The molecule has 2 amide bonds. The van der Waals surface area contributed by atoms with Crippen molar-refractivity contribution >= 4 is 57.6 Å². The molecule has 148 valence electrons. The number of amidine groups is 2. The van der Waals surface area contributed by atoms with Crippen molar-refractivity contribution in [3.05, 3.63) is 59.1 Å². The topological polar surface area (TPSA) is 74.1 Å². The number of aliphatic imine (C=N–C) groups is 2. The van der Waals surface area contributed by atoms with Crippen LogP contribution >= 0.6 is 23.4 Å². The van der Waals surface area contributed by atoms with Gasteiger partial charge in [0.1, 0.15) is 11.9 Å². The van der Waals surface area contributed by atoms with E-state index in [-0.39, 0.29) is 23.5 Å². The maximum absolute atomic E-state index is 12.6. The summed E-state index contributed by atoms with van der Waals surface area (Å²) in [5.74, 6) is 0.490. The Hall–Kier alpha value is -2.64. The fourth-order valence-corrected chi connectivity index (χ4v) is 4.29. The Morgan fingerprint density at radius 3 is 2.62 bits per heavy atom. The molecule has 2 aliphatic rings. The number of thioether (sulfide) groups is 1. The first-order chi connectivity index (χ1) is 13.9. The van der Waals surface area contributed by atoms with Gasteiger partial charge in [0.25, 0.3) is 5.91 Å². The van der Waals surface area contributed by atoms with Crippen molar-refractivity contribution in [3.8, 4) is 0 Å². The number of para-hydroxylation sites is 1. The molecule has 1 atom stereocenters. The van der Waals surface area contributed by atoms with Gasteiger partial charge in [-0.1, -0.05) is 49.3 Å². The zero-order valence-corrected chi connectivity index (χ0v) is 17.5. The summed E-state index contributed by atoms with van der Waals surface area (Å²) in [6.07, 6.45) is 0. The molecule has 0 fully saturated rings. The van der Waals surface area contributed by atoms with Crippen LogP contribution in [0.2, 0.25) is 5.02 Å². The molecule has 1 unspecified atom stereocenters. The quantitative estimate of drug-likeness (QED) is 0.789. The van der Waals surface area contributed by atoms with E-state index in [2.05, 4.69) is 10.3 Å². The molecule has 4 rings (SSSR count). The van der Waals surface area contributed by atoms with E-state index < -0.39 is 6.04 Å². The molecule has 2 aromatic rings. The van der Waals surface area contributed by atoms with Crippen LogP contribution < -0.4 is 5.32 Å². The van der Waals surface area contributed by atoms with E-state index in [0.717, 1.165) is 11.3 Å². The molecule has 0 aromatic heterocycles. The SMILES string of the molecule is CC(C)C1C(=O)N=C2c3ccccc3N=C(SCC(=O)Nc3ccc(Cl)cc3)N21. The van der Waals surface area contributed by atoms with Crippen molar-refractivity contribution in [2.75, 3.05) is 11.1 Å². The number of hydrogen-bond donors (Lipinski definition) is 1. The van der Waals surface area contributed by atoms with Crippen LogP contribution in [-0.4, -0.2) is 39.5 Å². The lowest BCUT2D eigenvalue weighted by atomic mass is 10.0. The van der Waals surface area contributed by atoms with E-state index in [4.69, 9.17) is 16.6 Å². The first-order valence-electron chi connectivity index (χ1n) is 9.22. The highest BCUT2D eigenvalue weighted by Crippen LogP contribution is 2.35. The zero-order valence-electron chi connectivity index (χ0n) is 15.9. The molecular formula is C21H19ClN4O2S. The zero-order chi connectivity index (χ0) is 20.5. The molecule has 0 spiro atoms. The van der Waals surface area contributed by atoms with Crippen molar-refractivity contribution in [2.24, 2.45) is 15.9 Å². The fourth-order valence-electron chi connectivity index (χ4n) is 3.33. The largest absolute Gasteiger partial charge is 0.325 e. The number of fused-ring (bicyclic) bond motifs is 3. The van der Waals surface area contributed by atoms with Crippen LogP contribution in [-0.2, 0) is 9.59 Å². The number of carbonyl (C=O) groups is 2. The van der Waals surface area contributed by atoms with Crippen LogP contribution in [0.4, 0.5) is 11.4 Å². The molecule has 0 saturated carbocycles. The second-order valence-electron chi connectivity index (χ2n) is 7.09. The highest BCUT2D eigenvalue weighted by atomic mass is 35.5. The second-order valence-corrected chi connectivity index (χ2v) is 8.47. The van der Waals surface area contributed by atoms with Crippen LogP contribution in [0.3, 0.4) is 0 Å². The number of anilines is 1. The van der Waals surface area contributed by atoms with Gasteiger partial charge in [-0.25, -0.2) is 4.99 Å². The molecule has 0 aliphatic carbocycles. The van der Waals surface area contributed by atoms with Gasteiger partial charge in [-0.05, 0) is 42.3 Å². The van der Waals surface area contributed by atoms with Gasteiger partial charge in [-0.15, -0.1) is 0 Å². The number of nitrogens with zero attached hydrogens (tertiary/aromatic N) is 3. The third-order valence-electron chi connectivity index (χ3n) is 4.63. The van der Waals surface area contributed by atoms with Crippen LogP contribution in [0.5, 0.6) is 0 Å². The van der Waals surface area contributed by atoms with Crippen LogP contribution in [0, 0.1) is 5.92 Å². The Balaban J connectivity index is 1.56. The van der Waals surface area contributed by atoms with E-state index in [0.29, 0.717) is 21.7 Å². The van der Waals surface area contributed by atoms with Crippen molar-refractivity contribution in [3.63, 3.8) is 0 Å². The van der Waals surface area contributed by atoms with Crippen LogP contribution in [0.25, 0.3) is 0 Å². The summed E-state index contributed by atoms with van der Waals surface area (Å²) in [6.45, 7) is 3.97. The number of nitrogens with one attached hydrogen (secondary N) is 1. The predicted molar refractivity (Wildman–Crippen MR) is 118 cm³/mol.